The van der Waals surface area contributed by atoms with Crippen LogP contribution < -0.4 is 5.56 Å². The average molecular weight is 382 g/mol. The predicted octanol–water partition coefficient (Wildman–Crippen LogP) is 3.28. The summed E-state index contributed by atoms with van der Waals surface area (Å²) >= 11 is 1.73. The lowest BCUT2D eigenvalue weighted by Gasteiger charge is -2.43. The highest BCUT2D eigenvalue weighted by atomic mass is 32.1. The van der Waals surface area contributed by atoms with Crippen molar-refractivity contribution in [3.05, 3.63) is 69.3 Å². The molecule has 5 rings (SSSR count). The number of thiophene rings is 1. The molecule has 0 aromatic carbocycles. The Morgan fingerprint density at radius 3 is 2.78 bits per heavy atom. The number of piperidine rings is 1. The summed E-state index contributed by atoms with van der Waals surface area (Å²) in [6.45, 7) is 3.37. The molecule has 0 aliphatic carbocycles. The summed E-state index contributed by atoms with van der Waals surface area (Å²) in [6.07, 6.45) is 1.14. The molecule has 1 saturated heterocycles. The fourth-order valence-corrected chi connectivity index (χ4v) is 5.46. The Morgan fingerprint density at radius 2 is 2.00 bits per heavy atom. The molecule has 2 aliphatic rings. The van der Waals surface area contributed by atoms with Gasteiger partial charge in [-0.1, -0.05) is 6.07 Å². The van der Waals surface area contributed by atoms with Crippen molar-refractivity contribution < 1.29 is 9.52 Å². The minimum Gasteiger partial charge on any atom is -0.462 e. The van der Waals surface area contributed by atoms with Crippen molar-refractivity contribution in [1.82, 2.24) is 9.47 Å². The van der Waals surface area contributed by atoms with Crippen LogP contribution in [0.3, 0.4) is 0 Å². The van der Waals surface area contributed by atoms with Crippen LogP contribution in [0.15, 0.2) is 51.0 Å². The standard InChI is InChI=1S/C21H22N2O3S/c24-13-17-4-3-16(26-17)12-22-9-14-8-15(11-22)21-18(19-2-1-7-27-19)5-6-20(25)23(21)10-14/h1-7,14-15,24H,8-13H2. The first-order valence-electron chi connectivity index (χ1n) is 9.39. The number of aromatic nitrogens is 1. The van der Waals surface area contributed by atoms with E-state index in [-0.39, 0.29) is 12.2 Å². The molecule has 27 heavy (non-hydrogen) atoms. The summed E-state index contributed by atoms with van der Waals surface area (Å²) in [5, 5.41) is 11.3. The number of pyridine rings is 1. The zero-order valence-electron chi connectivity index (χ0n) is 15.0. The van der Waals surface area contributed by atoms with Crippen LogP contribution in [0.25, 0.3) is 10.4 Å². The van der Waals surface area contributed by atoms with Crippen LogP contribution >= 0.6 is 11.3 Å². The van der Waals surface area contributed by atoms with Crippen LogP contribution in [0, 0.1) is 5.92 Å². The third-order valence-corrected chi connectivity index (χ3v) is 6.61. The Kier molecular flexibility index (Phi) is 4.27. The molecule has 1 fully saturated rings. The van der Waals surface area contributed by atoms with Gasteiger partial charge in [0.25, 0.3) is 5.56 Å². The second-order valence-electron chi connectivity index (χ2n) is 7.58. The molecule has 0 radical (unpaired) electrons. The maximum Gasteiger partial charge on any atom is 0.250 e. The highest BCUT2D eigenvalue weighted by Crippen LogP contribution is 2.41. The van der Waals surface area contributed by atoms with E-state index in [1.54, 1.807) is 17.4 Å². The van der Waals surface area contributed by atoms with Gasteiger partial charge >= 0.3 is 0 Å². The van der Waals surface area contributed by atoms with Crippen LogP contribution in [-0.4, -0.2) is 27.7 Å². The first-order valence-corrected chi connectivity index (χ1v) is 10.3. The van der Waals surface area contributed by atoms with Crippen LogP contribution in [0.1, 0.15) is 29.6 Å². The number of aliphatic hydroxyl groups excluding tert-OH is 1. The van der Waals surface area contributed by atoms with Gasteiger partial charge in [0, 0.05) is 47.8 Å². The maximum absolute atomic E-state index is 12.5. The normalized spacial score (nSPS) is 22.0. The molecule has 5 heterocycles. The number of rotatable bonds is 4. The molecule has 0 spiro atoms. The molecule has 1 N–H and O–H groups in total. The van der Waals surface area contributed by atoms with Gasteiger partial charge in [0.05, 0.1) is 6.54 Å². The van der Waals surface area contributed by atoms with E-state index in [1.807, 2.05) is 22.8 Å². The fourth-order valence-electron chi connectivity index (χ4n) is 4.70. The second kappa shape index (κ2) is 6.78. The molecule has 3 aromatic rings. The van der Waals surface area contributed by atoms with Crippen molar-refractivity contribution in [2.75, 3.05) is 13.1 Å². The Bertz CT molecular complexity index is 1000. The van der Waals surface area contributed by atoms with E-state index in [0.29, 0.717) is 17.6 Å². The first kappa shape index (κ1) is 17.0. The lowest BCUT2D eigenvalue weighted by molar-refractivity contribution is 0.107. The molecule has 0 amide bonds. The number of hydrogen-bond donors (Lipinski definition) is 1. The molecule has 6 heteroatoms. The van der Waals surface area contributed by atoms with E-state index in [1.165, 1.54) is 16.1 Å². The molecule has 2 atom stereocenters. The van der Waals surface area contributed by atoms with Crippen LogP contribution in [0.4, 0.5) is 0 Å². The summed E-state index contributed by atoms with van der Waals surface area (Å²) < 4.78 is 7.70. The number of furan rings is 1. The smallest absolute Gasteiger partial charge is 0.250 e. The van der Waals surface area contributed by atoms with Crippen molar-refractivity contribution >= 4 is 11.3 Å². The second-order valence-corrected chi connectivity index (χ2v) is 8.52. The average Bonchev–Trinajstić information content (AvgIpc) is 3.34. The zero-order valence-corrected chi connectivity index (χ0v) is 15.8. The zero-order chi connectivity index (χ0) is 18.4. The van der Waals surface area contributed by atoms with Gasteiger partial charge in [0.2, 0.25) is 0 Å². The molecule has 2 unspecified atom stereocenters. The molecular weight excluding hydrogens is 360 g/mol. The number of likely N-dealkylation sites (tertiary alicyclic amines) is 1. The van der Waals surface area contributed by atoms with Crippen molar-refractivity contribution in [2.24, 2.45) is 5.92 Å². The topological polar surface area (TPSA) is 58.6 Å². The molecule has 5 nitrogen and oxygen atoms in total. The largest absolute Gasteiger partial charge is 0.462 e. The Hall–Kier alpha value is -2.15. The van der Waals surface area contributed by atoms with Gasteiger partial charge in [-0.05, 0) is 42.0 Å². The molecular formula is C21H22N2O3S. The number of aliphatic hydroxyl groups is 1. The van der Waals surface area contributed by atoms with Gasteiger partial charge in [0.1, 0.15) is 18.1 Å². The number of fused-ring (bicyclic) bond motifs is 4. The number of nitrogens with zero attached hydrogens (tertiary/aromatic N) is 2. The van der Waals surface area contributed by atoms with Gasteiger partial charge in [0.15, 0.2) is 0 Å². The predicted molar refractivity (Wildman–Crippen MR) is 105 cm³/mol. The SMILES string of the molecule is O=c1ccc(-c2cccs2)c2n1CC1CC2CN(Cc2ccc(CO)o2)C1. The number of hydrogen-bond acceptors (Lipinski definition) is 5. The van der Waals surface area contributed by atoms with Gasteiger partial charge in [-0.15, -0.1) is 11.3 Å². The minimum atomic E-state index is -0.0638. The summed E-state index contributed by atoms with van der Waals surface area (Å²) in [4.78, 5) is 16.2. The monoisotopic (exact) mass is 382 g/mol. The van der Waals surface area contributed by atoms with Crippen molar-refractivity contribution in [1.29, 1.82) is 0 Å². The van der Waals surface area contributed by atoms with E-state index in [0.717, 1.165) is 38.4 Å². The molecule has 3 aromatic heterocycles. The summed E-state index contributed by atoms with van der Waals surface area (Å²) in [7, 11) is 0. The third-order valence-electron chi connectivity index (χ3n) is 5.70. The first-order chi connectivity index (χ1) is 13.2. The molecule has 0 saturated carbocycles. The highest BCUT2D eigenvalue weighted by Gasteiger charge is 2.36. The maximum atomic E-state index is 12.5. The Morgan fingerprint density at radius 1 is 1.11 bits per heavy atom. The van der Waals surface area contributed by atoms with Crippen LogP contribution in [0.2, 0.25) is 0 Å². The van der Waals surface area contributed by atoms with Crippen molar-refractivity contribution in [3.63, 3.8) is 0 Å². The highest BCUT2D eigenvalue weighted by molar-refractivity contribution is 7.13. The van der Waals surface area contributed by atoms with Gasteiger partial charge in [-0.2, -0.15) is 0 Å². The lowest BCUT2D eigenvalue weighted by atomic mass is 9.81. The molecule has 2 aliphatic heterocycles. The van der Waals surface area contributed by atoms with E-state index < -0.39 is 0 Å². The van der Waals surface area contributed by atoms with Gasteiger partial charge < -0.3 is 14.1 Å². The van der Waals surface area contributed by atoms with Gasteiger partial charge in [-0.3, -0.25) is 9.69 Å². The van der Waals surface area contributed by atoms with Crippen molar-refractivity contribution in [3.8, 4) is 10.4 Å². The van der Waals surface area contributed by atoms with E-state index in [9.17, 15) is 9.90 Å². The fraction of sp³-hybridized carbons (Fsp3) is 0.381. The Balaban J connectivity index is 1.47. The Labute approximate surface area is 161 Å². The van der Waals surface area contributed by atoms with Gasteiger partial charge in [-0.25, -0.2) is 0 Å². The molecule has 2 bridgehead atoms. The van der Waals surface area contributed by atoms with Crippen molar-refractivity contribution in [2.45, 2.75) is 32.0 Å². The van der Waals surface area contributed by atoms with E-state index in [2.05, 4.69) is 22.4 Å². The van der Waals surface area contributed by atoms with E-state index >= 15 is 0 Å². The lowest BCUT2D eigenvalue weighted by Crippen LogP contribution is -2.46. The quantitative estimate of drug-likeness (QED) is 0.752. The molecule has 140 valence electrons. The summed E-state index contributed by atoms with van der Waals surface area (Å²) in [6, 6.07) is 11.7. The summed E-state index contributed by atoms with van der Waals surface area (Å²) in [5.41, 5.74) is 2.52. The van der Waals surface area contributed by atoms with Crippen LogP contribution in [0.5, 0.6) is 0 Å². The summed E-state index contributed by atoms with van der Waals surface area (Å²) in [5.74, 6) is 2.35. The third kappa shape index (κ3) is 3.08. The minimum absolute atomic E-state index is 0.0638. The van der Waals surface area contributed by atoms with Crippen LogP contribution in [-0.2, 0) is 19.7 Å². The van der Waals surface area contributed by atoms with E-state index in [4.69, 9.17) is 4.42 Å².